The average molecular weight is 613 g/mol. The van der Waals surface area contributed by atoms with Crippen LogP contribution in [0.25, 0.3) is 0 Å². The zero-order chi connectivity index (χ0) is 30.8. The number of fused-ring (bicyclic) bond motifs is 7. The quantitative estimate of drug-likeness (QED) is 0.326. The Balaban J connectivity index is 1.04. The van der Waals surface area contributed by atoms with Crippen LogP contribution in [0.2, 0.25) is 0 Å². The Morgan fingerprint density at radius 2 is 1.40 bits per heavy atom. The van der Waals surface area contributed by atoms with Crippen molar-refractivity contribution in [1.82, 2.24) is 0 Å². The highest BCUT2D eigenvalue weighted by Crippen LogP contribution is 2.71. The van der Waals surface area contributed by atoms with Gasteiger partial charge < -0.3 is 18.9 Å². The summed E-state index contributed by atoms with van der Waals surface area (Å²) in [5.41, 5.74) is 3.18. The predicted molar refractivity (Wildman–Crippen MR) is 177 cm³/mol. The molecule has 45 heavy (non-hydrogen) atoms. The van der Waals surface area contributed by atoms with E-state index in [-0.39, 0.29) is 11.9 Å². The molecule has 244 valence electrons. The van der Waals surface area contributed by atoms with Gasteiger partial charge >= 0.3 is 0 Å². The maximum Gasteiger partial charge on any atom is 0.171 e. The van der Waals surface area contributed by atoms with E-state index < -0.39 is 0 Å². The third-order valence-corrected chi connectivity index (χ3v) is 14.5. The monoisotopic (exact) mass is 612 g/mol. The summed E-state index contributed by atoms with van der Waals surface area (Å²) in [5, 5.41) is 0. The fourth-order valence-electron chi connectivity index (χ4n) is 12.2. The van der Waals surface area contributed by atoms with Crippen molar-refractivity contribution < 1.29 is 18.9 Å². The molecule has 4 heteroatoms. The smallest absolute Gasteiger partial charge is 0.171 e. The third-order valence-electron chi connectivity index (χ3n) is 14.5. The summed E-state index contributed by atoms with van der Waals surface area (Å²) in [4.78, 5) is 0. The number of hydrogen-bond acceptors (Lipinski definition) is 4. The molecule has 0 radical (unpaired) electrons. The van der Waals surface area contributed by atoms with Crippen LogP contribution in [0.1, 0.15) is 96.6 Å². The first kappa shape index (κ1) is 30.6. The van der Waals surface area contributed by atoms with Crippen molar-refractivity contribution in [2.45, 2.75) is 123 Å². The van der Waals surface area contributed by atoms with Gasteiger partial charge in [0, 0.05) is 12.3 Å². The van der Waals surface area contributed by atoms with Gasteiger partial charge in [0.05, 0.1) is 38.1 Å². The Morgan fingerprint density at radius 3 is 2.09 bits per heavy atom. The number of benzene rings is 2. The highest BCUT2D eigenvalue weighted by molar-refractivity contribution is 5.18. The number of ether oxygens (including phenoxy) is 4. The van der Waals surface area contributed by atoms with E-state index in [0.717, 1.165) is 25.4 Å². The van der Waals surface area contributed by atoms with Crippen molar-refractivity contribution in [2.24, 2.45) is 52.3 Å². The SMILES string of the molecule is C[C@@H]1CC[C@@]2(OC1)O[C@H]1C[C@H]3[C@@H]4C[C@@H](OCc5ccccc5)[C@H]5C[C@@H](OCc6ccccc6)CC[C@]5(C)[C@H]4CC[C@]3(C)[C@H]1[C@@H]2C. The Labute approximate surface area is 271 Å². The molecule has 13 atom stereocenters. The summed E-state index contributed by atoms with van der Waals surface area (Å²) in [5.74, 6) is 4.10. The molecule has 2 saturated heterocycles. The fourth-order valence-corrected chi connectivity index (χ4v) is 12.2. The van der Waals surface area contributed by atoms with Crippen molar-refractivity contribution in [3.8, 4) is 0 Å². The van der Waals surface area contributed by atoms with Crippen molar-refractivity contribution in [2.75, 3.05) is 6.61 Å². The van der Waals surface area contributed by atoms with E-state index in [2.05, 4.69) is 88.4 Å². The lowest BCUT2D eigenvalue weighted by Gasteiger charge is -2.63. The minimum absolute atomic E-state index is 0.273. The molecule has 8 rings (SSSR count). The van der Waals surface area contributed by atoms with Gasteiger partial charge in [0.25, 0.3) is 0 Å². The summed E-state index contributed by atoms with van der Waals surface area (Å²) in [6.45, 7) is 12.4. The minimum Gasteiger partial charge on any atom is -0.374 e. The summed E-state index contributed by atoms with van der Waals surface area (Å²) in [6.07, 6.45) is 11.9. The van der Waals surface area contributed by atoms with Gasteiger partial charge in [0.2, 0.25) is 0 Å². The molecule has 2 aliphatic heterocycles. The van der Waals surface area contributed by atoms with E-state index in [1.807, 2.05) is 0 Å². The molecule has 0 amide bonds. The number of hydrogen-bond donors (Lipinski definition) is 0. The molecule has 0 unspecified atom stereocenters. The molecule has 2 aromatic carbocycles. The highest BCUT2D eigenvalue weighted by atomic mass is 16.7. The largest absolute Gasteiger partial charge is 0.374 e. The summed E-state index contributed by atoms with van der Waals surface area (Å²) in [7, 11) is 0. The van der Waals surface area contributed by atoms with E-state index in [1.165, 1.54) is 56.1 Å². The summed E-state index contributed by atoms with van der Waals surface area (Å²) < 4.78 is 27.4. The molecule has 4 saturated carbocycles. The molecule has 4 nitrogen and oxygen atoms in total. The van der Waals surface area contributed by atoms with E-state index in [4.69, 9.17) is 18.9 Å². The van der Waals surface area contributed by atoms with Gasteiger partial charge in [-0.05, 0) is 109 Å². The molecule has 6 aliphatic rings. The van der Waals surface area contributed by atoms with Crippen LogP contribution in [0.4, 0.5) is 0 Å². The molecule has 2 heterocycles. The van der Waals surface area contributed by atoms with Gasteiger partial charge in [0.15, 0.2) is 5.79 Å². The Morgan fingerprint density at radius 1 is 0.711 bits per heavy atom. The van der Waals surface area contributed by atoms with Crippen LogP contribution < -0.4 is 0 Å². The summed E-state index contributed by atoms with van der Waals surface area (Å²) in [6, 6.07) is 21.5. The Bertz CT molecular complexity index is 1310. The Hall–Kier alpha value is -1.72. The first-order valence-electron chi connectivity index (χ1n) is 18.4. The van der Waals surface area contributed by atoms with Crippen molar-refractivity contribution in [1.29, 1.82) is 0 Å². The predicted octanol–water partition coefficient (Wildman–Crippen LogP) is 9.21. The molecular formula is C41H56O4. The van der Waals surface area contributed by atoms with E-state index in [1.54, 1.807) is 0 Å². The summed E-state index contributed by atoms with van der Waals surface area (Å²) >= 11 is 0. The zero-order valence-corrected chi connectivity index (χ0v) is 28.2. The first-order chi connectivity index (χ1) is 21.8. The standard InChI is InChI=1S/C41H56O4/c1-27-15-20-41(44-24-27)28(2)38-37(45-41)23-34-32-22-36(43-26-30-13-9-6-10-14-30)35-21-31(42-25-29-11-7-5-8-12-29)16-18-39(35,3)33(32)17-19-40(34,38)4/h5-14,27-28,31-38H,15-26H2,1-4H3/t27-,28+,31+,32-,33+,34+,35-,36-,37+,38+,39-,40+,41-/m1/s1. The second-order valence-electron chi connectivity index (χ2n) is 16.8. The van der Waals surface area contributed by atoms with E-state index in [9.17, 15) is 0 Å². The lowest BCUT2D eigenvalue weighted by molar-refractivity contribution is -0.273. The highest BCUT2D eigenvalue weighted by Gasteiger charge is 2.70. The topological polar surface area (TPSA) is 36.9 Å². The van der Waals surface area contributed by atoms with Crippen molar-refractivity contribution in [3.05, 3.63) is 71.8 Å². The van der Waals surface area contributed by atoms with Crippen molar-refractivity contribution >= 4 is 0 Å². The first-order valence-corrected chi connectivity index (χ1v) is 18.4. The maximum atomic E-state index is 7.08. The van der Waals surface area contributed by atoms with Gasteiger partial charge in [-0.15, -0.1) is 0 Å². The van der Waals surface area contributed by atoms with Crippen molar-refractivity contribution in [3.63, 3.8) is 0 Å². The van der Waals surface area contributed by atoms with Gasteiger partial charge in [-0.25, -0.2) is 0 Å². The van der Waals surface area contributed by atoms with Gasteiger partial charge in [0.1, 0.15) is 0 Å². The molecule has 0 bridgehead atoms. The van der Waals surface area contributed by atoms with Gasteiger partial charge in [-0.3, -0.25) is 0 Å². The number of rotatable bonds is 6. The van der Waals surface area contributed by atoms with Crippen LogP contribution in [-0.2, 0) is 32.2 Å². The van der Waals surface area contributed by atoms with E-state index in [0.29, 0.717) is 71.8 Å². The molecular weight excluding hydrogens is 556 g/mol. The second kappa shape index (κ2) is 11.8. The maximum absolute atomic E-state index is 7.08. The van der Waals surface area contributed by atoms with Crippen LogP contribution in [0.5, 0.6) is 0 Å². The minimum atomic E-state index is -0.338. The lowest BCUT2D eigenvalue weighted by atomic mass is 9.43. The Kier molecular flexibility index (Phi) is 8.00. The van der Waals surface area contributed by atoms with Gasteiger partial charge in [-0.2, -0.15) is 0 Å². The molecule has 4 aliphatic carbocycles. The molecule has 0 N–H and O–H groups in total. The molecule has 0 aromatic heterocycles. The molecule has 1 spiro atoms. The average Bonchev–Trinajstić information content (AvgIpc) is 3.51. The lowest BCUT2D eigenvalue weighted by Crippen LogP contribution is -2.59. The van der Waals surface area contributed by atoms with Crippen LogP contribution in [0.3, 0.4) is 0 Å². The third kappa shape index (κ3) is 5.16. The normalized spacial score (nSPS) is 47.1. The second-order valence-corrected chi connectivity index (χ2v) is 16.8. The van der Waals surface area contributed by atoms with E-state index >= 15 is 0 Å². The van der Waals surface area contributed by atoms with Crippen LogP contribution in [0, 0.1) is 52.3 Å². The zero-order valence-electron chi connectivity index (χ0n) is 28.2. The van der Waals surface area contributed by atoms with Crippen LogP contribution in [-0.4, -0.2) is 30.7 Å². The molecule has 2 aromatic rings. The van der Waals surface area contributed by atoms with Crippen LogP contribution >= 0.6 is 0 Å². The fraction of sp³-hybridized carbons (Fsp3) is 0.707. The van der Waals surface area contributed by atoms with Crippen LogP contribution in [0.15, 0.2) is 60.7 Å². The molecule has 6 fully saturated rings. The van der Waals surface area contributed by atoms with Gasteiger partial charge in [-0.1, -0.05) is 88.4 Å².